The largest absolute Gasteiger partial charge is 0.480 e. The Labute approximate surface area is 187 Å². The van der Waals surface area contributed by atoms with Crippen LogP contribution in [0.4, 0.5) is 5.69 Å². The fourth-order valence-corrected chi connectivity index (χ4v) is 5.34. The van der Waals surface area contributed by atoms with Crippen LogP contribution < -0.4 is 9.64 Å². The number of carbonyl (C=O) groups excluding carboxylic acids is 1. The Morgan fingerprint density at radius 1 is 1.33 bits per heavy atom. The Hall–Kier alpha value is -1.43. The van der Waals surface area contributed by atoms with Crippen LogP contribution in [0.5, 0.6) is 5.75 Å². The van der Waals surface area contributed by atoms with E-state index in [1.807, 2.05) is 42.5 Å². The second kappa shape index (κ2) is 8.72. The summed E-state index contributed by atoms with van der Waals surface area (Å²) in [4.78, 5) is 25.7. The fourth-order valence-electron chi connectivity index (χ4n) is 2.38. The molecule has 0 radical (unpaired) electrons. The molecule has 138 valence electrons. The standard InChI is InChI=1S/C18H11BrINO4S2/c19-13-8-11(20)6-10(16(13)25-9-15(22)23)7-14-17(24)21(18(26)27-14)12-4-2-1-3-5-12/h1-8H,9H2,(H,22,23)/b14-7+. The number of nitrogens with zero attached hydrogens (tertiary/aromatic N) is 1. The van der Waals surface area contributed by atoms with Crippen LogP contribution in [-0.2, 0) is 9.59 Å². The number of hydrogen-bond donors (Lipinski definition) is 1. The van der Waals surface area contributed by atoms with E-state index in [1.54, 1.807) is 6.08 Å². The van der Waals surface area contributed by atoms with Gasteiger partial charge in [0.1, 0.15) is 5.75 Å². The van der Waals surface area contributed by atoms with Crippen molar-refractivity contribution in [3.05, 3.63) is 61.0 Å². The molecule has 1 aliphatic heterocycles. The van der Waals surface area contributed by atoms with E-state index in [-0.39, 0.29) is 5.91 Å². The number of aliphatic carboxylic acids is 1. The highest BCUT2D eigenvalue weighted by Crippen LogP contribution is 2.39. The maximum absolute atomic E-state index is 12.9. The van der Waals surface area contributed by atoms with Crippen molar-refractivity contribution in [2.24, 2.45) is 0 Å². The molecule has 9 heteroatoms. The number of rotatable bonds is 5. The first kappa shape index (κ1) is 20.3. The molecule has 5 nitrogen and oxygen atoms in total. The maximum Gasteiger partial charge on any atom is 0.341 e. The van der Waals surface area contributed by atoms with Crippen molar-refractivity contribution in [3.8, 4) is 5.75 Å². The normalized spacial score (nSPS) is 15.5. The SMILES string of the molecule is O=C(O)COc1c(Br)cc(I)cc1/C=C1/SC(=S)N(c2ccccc2)C1=O. The van der Waals surface area contributed by atoms with Crippen molar-refractivity contribution in [2.75, 3.05) is 11.5 Å². The van der Waals surface area contributed by atoms with Crippen molar-refractivity contribution in [2.45, 2.75) is 0 Å². The van der Waals surface area contributed by atoms with Crippen molar-refractivity contribution in [3.63, 3.8) is 0 Å². The van der Waals surface area contributed by atoms with Crippen LogP contribution in [0.3, 0.4) is 0 Å². The summed E-state index contributed by atoms with van der Waals surface area (Å²) in [5, 5.41) is 8.89. The van der Waals surface area contributed by atoms with Crippen LogP contribution in [0.25, 0.3) is 6.08 Å². The first-order valence-corrected chi connectivity index (χ1v) is 10.6. The second-order valence-electron chi connectivity index (χ2n) is 5.34. The third-order valence-corrected chi connectivity index (χ3v) is 5.99. The number of carbonyl (C=O) groups is 2. The van der Waals surface area contributed by atoms with Gasteiger partial charge in [-0.15, -0.1) is 0 Å². The lowest BCUT2D eigenvalue weighted by molar-refractivity contribution is -0.139. The number of hydrogen-bond acceptors (Lipinski definition) is 5. The number of para-hydroxylation sites is 1. The zero-order valence-corrected chi connectivity index (χ0v) is 18.9. The minimum atomic E-state index is -1.08. The van der Waals surface area contributed by atoms with Crippen LogP contribution >= 0.6 is 62.5 Å². The number of carboxylic acid groups (broad SMARTS) is 1. The van der Waals surface area contributed by atoms with E-state index in [1.165, 1.54) is 16.7 Å². The van der Waals surface area contributed by atoms with Gasteiger partial charge in [-0.05, 0) is 68.9 Å². The average molecular weight is 576 g/mol. The number of ether oxygens (including phenoxy) is 1. The molecule has 0 atom stereocenters. The van der Waals surface area contributed by atoms with E-state index in [0.29, 0.717) is 30.7 Å². The van der Waals surface area contributed by atoms with Crippen LogP contribution in [0, 0.1) is 3.57 Å². The van der Waals surface area contributed by atoms with Gasteiger partial charge >= 0.3 is 5.97 Å². The molecule has 1 aliphatic rings. The monoisotopic (exact) mass is 575 g/mol. The van der Waals surface area contributed by atoms with Gasteiger partial charge in [0.15, 0.2) is 10.9 Å². The molecule has 3 rings (SSSR count). The fraction of sp³-hybridized carbons (Fsp3) is 0.0556. The Kier molecular flexibility index (Phi) is 6.56. The summed E-state index contributed by atoms with van der Waals surface area (Å²) in [5.41, 5.74) is 1.30. The van der Waals surface area contributed by atoms with E-state index in [2.05, 4.69) is 38.5 Å². The summed E-state index contributed by atoms with van der Waals surface area (Å²) in [6.45, 7) is -0.481. The highest BCUT2D eigenvalue weighted by atomic mass is 127. The van der Waals surface area contributed by atoms with E-state index in [0.717, 1.165) is 3.57 Å². The molecule has 0 saturated carbocycles. The lowest BCUT2D eigenvalue weighted by atomic mass is 10.2. The molecular formula is C18H11BrINO4S2. The maximum atomic E-state index is 12.9. The summed E-state index contributed by atoms with van der Waals surface area (Å²) >= 11 is 12.1. The molecule has 1 saturated heterocycles. The third kappa shape index (κ3) is 4.71. The van der Waals surface area contributed by atoms with Crippen molar-refractivity contribution in [1.29, 1.82) is 0 Å². The Morgan fingerprint density at radius 2 is 2.04 bits per heavy atom. The Balaban J connectivity index is 1.98. The van der Waals surface area contributed by atoms with Gasteiger partial charge < -0.3 is 9.84 Å². The van der Waals surface area contributed by atoms with Crippen LogP contribution in [-0.4, -0.2) is 27.9 Å². The van der Waals surface area contributed by atoms with Crippen LogP contribution in [0.1, 0.15) is 5.56 Å². The molecular weight excluding hydrogens is 565 g/mol. The van der Waals surface area contributed by atoms with Crippen molar-refractivity contribution >= 4 is 90.5 Å². The summed E-state index contributed by atoms with van der Waals surface area (Å²) < 4.78 is 7.37. The van der Waals surface area contributed by atoms with E-state index < -0.39 is 12.6 Å². The molecule has 0 aromatic heterocycles. The smallest absolute Gasteiger partial charge is 0.341 e. The van der Waals surface area contributed by atoms with E-state index in [9.17, 15) is 9.59 Å². The molecule has 27 heavy (non-hydrogen) atoms. The number of benzene rings is 2. The lowest BCUT2D eigenvalue weighted by Crippen LogP contribution is -2.27. The summed E-state index contributed by atoms with van der Waals surface area (Å²) in [6.07, 6.45) is 1.67. The molecule has 1 N–H and O–H groups in total. The zero-order valence-electron chi connectivity index (χ0n) is 13.5. The summed E-state index contributed by atoms with van der Waals surface area (Å²) in [7, 11) is 0. The van der Waals surface area contributed by atoms with E-state index in [4.69, 9.17) is 22.1 Å². The van der Waals surface area contributed by atoms with Crippen LogP contribution in [0.15, 0.2) is 51.8 Å². The number of anilines is 1. The highest BCUT2D eigenvalue weighted by Gasteiger charge is 2.33. The minimum absolute atomic E-state index is 0.227. The zero-order chi connectivity index (χ0) is 19.6. The number of carboxylic acids is 1. The van der Waals surface area contributed by atoms with E-state index >= 15 is 0 Å². The number of thioether (sulfide) groups is 1. The number of amides is 1. The van der Waals surface area contributed by atoms with Gasteiger partial charge in [-0.3, -0.25) is 9.69 Å². The quantitative estimate of drug-likeness (QED) is 0.310. The molecule has 2 aromatic rings. The molecule has 0 bridgehead atoms. The molecule has 1 fully saturated rings. The van der Waals surface area contributed by atoms with Gasteiger partial charge in [-0.25, -0.2) is 4.79 Å². The van der Waals surface area contributed by atoms with Gasteiger partial charge in [-0.2, -0.15) is 0 Å². The molecule has 2 aromatic carbocycles. The van der Waals surface area contributed by atoms with Gasteiger partial charge in [-0.1, -0.05) is 42.2 Å². The van der Waals surface area contributed by atoms with Crippen LogP contribution in [0.2, 0.25) is 0 Å². The van der Waals surface area contributed by atoms with Crippen molar-refractivity contribution in [1.82, 2.24) is 0 Å². The average Bonchev–Trinajstić information content (AvgIpc) is 2.88. The molecule has 0 unspecified atom stereocenters. The molecule has 0 spiro atoms. The van der Waals surface area contributed by atoms with Gasteiger partial charge in [0.05, 0.1) is 15.1 Å². The Bertz CT molecular complexity index is 965. The first-order valence-electron chi connectivity index (χ1n) is 7.53. The second-order valence-corrected chi connectivity index (χ2v) is 9.12. The summed E-state index contributed by atoms with van der Waals surface area (Å²) in [6, 6.07) is 12.8. The van der Waals surface area contributed by atoms with Gasteiger partial charge in [0.2, 0.25) is 0 Å². The summed E-state index contributed by atoms with van der Waals surface area (Å²) in [5.74, 6) is -0.944. The number of halogens is 2. The highest BCUT2D eigenvalue weighted by molar-refractivity contribution is 14.1. The molecule has 1 amide bonds. The molecule has 0 aliphatic carbocycles. The van der Waals surface area contributed by atoms with Gasteiger partial charge in [0, 0.05) is 9.13 Å². The minimum Gasteiger partial charge on any atom is -0.480 e. The number of thiocarbonyl (C=S) groups is 1. The Morgan fingerprint density at radius 3 is 2.70 bits per heavy atom. The topological polar surface area (TPSA) is 66.8 Å². The molecule has 1 heterocycles. The lowest BCUT2D eigenvalue weighted by Gasteiger charge is -2.14. The third-order valence-electron chi connectivity index (χ3n) is 3.47. The van der Waals surface area contributed by atoms with Crippen molar-refractivity contribution < 1.29 is 19.4 Å². The first-order chi connectivity index (χ1) is 12.9. The predicted molar refractivity (Wildman–Crippen MR) is 122 cm³/mol. The predicted octanol–water partition coefficient (Wildman–Crippen LogP) is 4.92. The van der Waals surface area contributed by atoms with Gasteiger partial charge in [0.25, 0.3) is 5.91 Å².